The van der Waals surface area contributed by atoms with E-state index in [9.17, 15) is 9.59 Å². The molecule has 2 aromatic heterocycles. The first kappa shape index (κ1) is 22.1. The Bertz CT molecular complexity index is 1390. The molecule has 0 fully saturated rings. The molecule has 0 unspecified atom stereocenters. The molecule has 2 amide bonds. The van der Waals surface area contributed by atoms with E-state index in [0.29, 0.717) is 21.8 Å². The molecule has 3 N–H and O–H groups in total. The van der Waals surface area contributed by atoms with Gasteiger partial charge in [0.25, 0.3) is 11.8 Å². The number of benzene rings is 2. The van der Waals surface area contributed by atoms with Gasteiger partial charge in [-0.3, -0.25) is 9.59 Å². The standard InChI is InChI=1S/C27H25N3O3S/c1-33-17-13-11-16(12-14-17)22-15-20(18-7-5-6-9-21(18)29-22)26(32)30-27-24(25(28)31)19-8-3-2-4-10-23(19)34-27/h5-7,9,11-15H,2-4,8,10H2,1H3,(H2,28,31)(H,30,32). The normalized spacial score (nSPS) is 13.2. The number of aromatic nitrogens is 1. The van der Waals surface area contributed by atoms with Gasteiger partial charge in [0.2, 0.25) is 0 Å². The van der Waals surface area contributed by atoms with Crippen molar-refractivity contribution in [3.05, 3.63) is 76.2 Å². The predicted octanol–water partition coefficient (Wildman–Crippen LogP) is 5.59. The number of pyridine rings is 1. The number of hydrogen-bond donors (Lipinski definition) is 2. The largest absolute Gasteiger partial charge is 0.497 e. The second-order valence-electron chi connectivity index (χ2n) is 8.39. The fraction of sp³-hybridized carbons (Fsp3) is 0.222. The summed E-state index contributed by atoms with van der Waals surface area (Å²) in [6, 6.07) is 16.9. The van der Waals surface area contributed by atoms with Crippen molar-refractivity contribution in [2.45, 2.75) is 32.1 Å². The van der Waals surface area contributed by atoms with Gasteiger partial charge in [0.15, 0.2) is 0 Å². The van der Waals surface area contributed by atoms with Gasteiger partial charge < -0.3 is 15.8 Å². The molecule has 0 saturated heterocycles. The summed E-state index contributed by atoms with van der Waals surface area (Å²) in [6.07, 6.45) is 4.98. The van der Waals surface area contributed by atoms with Gasteiger partial charge in [-0.25, -0.2) is 4.98 Å². The van der Waals surface area contributed by atoms with Gasteiger partial charge in [-0.1, -0.05) is 24.6 Å². The molecule has 2 heterocycles. The number of rotatable bonds is 5. The Morgan fingerprint density at radius 2 is 1.79 bits per heavy atom. The SMILES string of the molecule is COc1ccc(-c2cc(C(=O)Nc3sc4c(c3C(N)=O)CCCCC4)c3ccccc3n2)cc1. The number of anilines is 1. The number of amides is 2. The average Bonchev–Trinajstić information content (AvgIpc) is 3.03. The number of nitrogens with one attached hydrogen (secondary N) is 1. The van der Waals surface area contributed by atoms with E-state index in [1.807, 2.05) is 48.5 Å². The lowest BCUT2D eigenvalue weighted by Crippen LogP contribution is -2.18. The molecule has 0 spiro atoms. The van der Waals surface area contributed by atoms with E-state index in [0.717, 1.165) is 64.8 Å². The minimum atomic E-state index is -0.492. The lowest BCUT2D eigenvalue weighted by Gasteiger charge is -2.11. The monoisotopic (exact) mass is 471 g/mol. The maximum Gasteiger partial charge on any atom is 0.257 e. The molecule has 0 aliphatic heterocycles. The fourth-order valence-electron chi connectivity index (χ4n) is 4.53. The van der Waals surface area contributed by atoms with Crippen molar-refractivity contribution in [3.63, 3.8) is 0 Å². The van der Waals surface area contributed by atoms with Crippen molar-refractivity contribution in [2.75, 3.05) is 12.4 Å². The highest BCUT2D eigenvalue weighted by Crippen LogP contribution is 2.38. The van der Waals surface area contributed by atoms with Crippen LogP contribution in [0.4, 0.5) is 5.00 Å². The Hall–Kier alpha value is -3.71. The van der Waals surface area contributed by atoms with Crippen molar-refractivity contribution in [1.82, 2.24) is 4.98 Å². The molecular formula is C27H25N3O3S. The minimum Gasteiger partial charge on any atom is -0.497 e. The highest BCUT2D eigenvalue weighted by molar-refractivity contribution is 7.17. The third kappa shape index (κ3) is 4.15. The number of carbonyl (C=O) groups excluding carboxylic acids is 2. The van der Waals surface area contributed by atoms with Crippen molar-refractivity contribution in [2.24, 2.45) is 5.73 Å². The number of thiophene rings is 1. The summed E-state index contributed by atoms with van der Waals surface area (Å²) in [5.74, 6) is -0.0283. The zero-order valence-electron chi connectivity index (χ0n) is 18.9. The van der Waals surface area contributed by atoms with E-state index in [2.05, 4.69) is 5.32 Å². The molecule has 0 atom stereocenters. The van der Waals surface area contributed by atoms with Crippen LogP contribution in [-0.2, 0) is 12.8 Å². The van der Waals surface area contributed by atoms with Crippen LogP contribution in [0.1, 0.15) is 50.4 Å². The molecule has 0 radical (unpaired) electrons. The van der Waals surface area contributed by atoms with Crippen molar-refractivity contribution >= 4 is 39.1 Å². The van der Waals surface area contributed by atoms with Gasteiger partial charge in [0.1, 0.15) is 10.8 Å². The van der Waals surface area contributed by atoms with Gasteiger partial charge in [0.05, 0.1) is 29.4 Å². The predicted molar refractivity (Wildman–Crippen MR) is 136 cm³/mol. The van der Waals surface area contributed by atoms with Crippen molar-refractivity contribution < 1.29 is 14.3 Å². The minimum absolute atomic E-state index is 0.285. The van der Waals surface area contributed by atoms with Crippen LogP contribution >= 0.6 is 11.3 Å². The third-order valence-electron chi connectivity index (χ3n) is 6.24. The van der Waals surface area contributed by atoms with Crippen molar-refractivity contribution in [3.8, 4) is 17.0 Å². The number of para-hydroxylation sites is 1. The molecule has 1 aliphatic rings. The van der Waals surface area contributed by atoms with Gasteiger partial charge in [-0.05, 0) is 67.6 Å². The van der Waals surface area contributed by atoms with E-state index in [-0.39, 0.29) is 5.91 Å². The Kier molecular flexibility index (Phi) is 6.02. The maximum absolute atomic E-state index is 13.6. The first-order valence-electron chi connectivity index (χ1n) is 11.3. The number of hydrogen-bond acceptors (Lipinski definition) is 5. The second-order valence-corrected chi connectivity index (χ2v) is 9.49. The summed E-state index contributed by atoms with van der Waals surface area (Å²) in [5, 5.41) is 4.29. The van der Waals surface area contributed by atoms with Crippen LogP contribution in [0.3, 0.4) is 0 Å². The Morgan fingerprint density at radius 1 is 1.03 bits per heavy atom. The summed E-state index contributed by atoms with van der Waals surface area (Å²) in [7, 11) is 1.62. The molecule has 172 valence electrons. The molecule has 5 rings (SSSR count). The fourth-order valence-corrected chi connectivity index (χ4v) is 5.82. The number of primary amides is 1. The number of aryl methyl sites for hydroxylation is 1. The van der Waals surface area contributed by atoms with Crippen LogP contribution < -0.4 is 15.8 Å². The second kappa shape index (κ2) is 9.27. The summed E-state index contributed by atoms with van der Waals surface area (Å²) in [5.41, 5.74) is 10.0. The lowest BCUT2D eigenvalue weighted by molar-refractivity contribution is 0.100. The number of nitrogens with zero attached hydrogens (tertiary/aromatic N) is 1. The number of methoxy groups -OCH3 is 1. The first-order chi connectivity index (χ1) is 16.5. The van der Waals surface area contributed by atoms with Crippen LogP contribution in [0.25, 0.3) is 22.2 Å². The molecular weight excluding hydrogens is 446 g/mol. The van der Waals surface area contributed by atoms with Crippen LogP contribution in [0.15, 0.2) is 54.6 Å². The zero-order chi connectivity index (χ0) is 23.7. The van der Waals surface area contributed by atoms with Gasteiger partial charge in [0, 0.05) is 15.8 Å². The van der Waals surface area contributed by atoms with Gasteiger partial charge in [-0.2, -0.15) is 0 Å². The third-order valence-corrected chi connectivity index (χ3v) is 7.45. The summed E-state index contributed by atoms with van der Waals surface area (Å²) >= 11 is 1.47. The molecule has 6 nitrogen and oxygen atoms in total. The molecule has 0 bridgehead atoms. The smallest absolute Gasteiger partial charge is 0.257 e. The van der Waals surface area contributed by atoms with Crippen LogP contribution in [0.2, 0.25) is 0 Å². The average molecular weight is 472 g/mol. The number of fused-ring (bicyclic) bond motifs is 2. The molecule has 1 aliphatic carbocycles. The van der Waals surface area contributed by atoms with E-state index in [1.54, 1.807) is 13.2 Å². The number of ether oxygens (including phenoxy) is 1. The summed E-state index contributed by atoms with van der Waals surface area (Å²) in [6.45, 7) is 0. The summed E-state index contributed by atoms with van der Waals surface area (Å²) in [4.78, 5) is 31.8. The van der Waals surface area contributed by atoms with E-state index in [1.165, 1.54) is 11.3 Å². The van der Waals surface area contributed by atoms with Gasteiger partial charge >= 0.3 is 0 Å². The zero-order valence-corrected chi connectivity index (χ0v) is 19.7. The van der Waals surface area contributed by atoms with E-state index >= 15 is 0 Å². The van der Waals surface area contributed by atoms with Gasteiger partial charge in [-0.15, -0.1) is 11.3 Å². The molecule has 34 heavy (non-hydrogen) atoms. The lowest BCUT2D eigenvalue weighted by atomic mass is 10.0. The Balaban J connectivity index is 1.56. The number of nitrogens with two attached hydrogens (primary N) is 1. The van der Waals surface area contributed by atoms with Crippen LogP contribution in [0.5, 0.6) is 5.75 Å². The highest BCUT2D eigenvalue weighted by Gasteiger charge is 2.25. The molecule has 4 aromatic rings. The first-order valence-corrected chi connectivity index (χ1v) is 12.2. The van der Waals surface area contributed by atoms with Crippen molar-refractivity contribution in [1.29, 1.82) is 0 Å². The Labute approximate surface area is 201 Å². The Morgan fingerprint density at radius 3 is 2.56 bits per heavy atom. The maximum atomic E-state index is 13.6. The summed E-state index contributed by atoms with van der Waals surface area (Å²) < 4.78 is 5.26. The van der Waals surface area contributed by atoms with E-state index in [4.69, 9.17) is 15.5 Å². The molecule has 2 aromatic carbocycles. The van der Waals surface area contributed by atoms with E-state index < -0.39 is 5.91 Å². The molecule has 0 saturated carbocycles. The highest BCUT2D eigenvalue weighted by atomic mass is 32.1. The quantitative estimate of drug-likeness (QED) is 0.371. The molecule has 7 heteroatoms. The van der Waals surface area contributed by atoms with Crippen LogP contribution in [0, 0.1) is 0 Å². The van der Waals surface area contributed by atoms with Crippen LogP contribution in [-0.4, -0.2) is 23.9 Å². The topological polar surface area (TPSA) is 94.3 Å². The number of carbonyl (C=O) groups is 2.